The van der Waals surface area contributed by atoms with Crippen LogP contribution in [0.4, 0.5) is 0 Å². The van der Waals surface area contributed by atoms with Crippen molar-refractivity contribution < 1.29 is 27.2 Å². The third kappa shape index (κ3) is 89.7. The Hall–Kier alpha value is 0.917. The Labute approximate surface area is 55.4 Å². The normalized spacial score (nSPS) is 10.0. The molecule has 0 spiro atoms. The van der Waals surface area contributed by atoms with Crippen LogP contribution in [0.5, 0.6) is 0 Å². The van der Waals surface area contributed by atoms with E-state index in [1.54, 1.807) is 0 Å². The molecule has 37 valence electrons. The van der Waals surface area contributed by atoms with E-state index in [1.165, 1.54) is 0 Å². The molecule has 1 nitrogen and oxygen atoms in total. The Bertz CT molecular complexity index is 26.3. The van der Waals surface area contributed by atoms with Crippen LogP contribution in [-0.2, 0) is 22.4 Å². The standard InChI is InChI=1S/C3H10OSi.Nb/c1-5(2,3)4;/h4H,1-3H3;. The van der Waals surface area contributed by atoms with Gasteiger partial charge in [0.15, 0.2) is 8.32 Å². The predicted molar refractivity (Wildman–Crippen MR) is 25.6 cm³/mol. The maximum atomic E-state index is 8.66. The van der Waals surface area contributed by atoms with Crippen molar-refractivity contribution in [2.75, 3.05) is 0 Å². The number of rotatable bonds is 0. The molecule has 0 aliphatic heterocycles. The van der Waals surface area contributed by atoms with Gasteiger partial charge in [0.1, 0.15) is 0 Å². The second kappa shape index (κ2) is 2.99. The maximum Gasteiger partial charge on any atom is 0.179 e. The van der Waals surface area contributed by atoms with E-state index in [4.69, 9.17) is 4.80 Å². The van der Waals surface area contributed by atoms with E-state index in [9.17, 15) is 0 Å². The molecule has 0 amide bonds. The van der Waals surface area contributed by atoms with Gasteiger partial charge in [-0.25, -0.2) is 0 Å². The molecule has 1 radical (unpaired) electrons. The van der Waals surface area contributed by atoms with Crippen LogP contribution in [-0.4, -0.2) is 13.1 Å². The van der Waals surface area contributed by atoms with Crippen LogP contribution >= 0.6 is 0 Å². The molecule has 0 saturated heterocycles. The summed E-state index contributed by atoms with van der Waals surface area (Å²) in [6.45, 7) is 5.65. The molecule has 0 aromatic heterocycles. The second-order valence-electron chi connectivity index (χ2n) is 2.17. The SMILES string of the molecule is C[Si](C)(C)O.[Nb]. The zero-order chi connectivity index (χ0) is 4.50. The van der Waals surface area contributed by atoms with Gasteiger partial charge in [-0.15, -0.1) is 0 Å². The molecule has 0 aliphatic rings. The van der Waals surface area contributed by atoms with Crippen molar-refractivity contribution in [1.29, 1.82) is 0 Å². The molecule has 0 aromatic rings. The van der Waals surface area contributed by atoms with Crippen LogP contribution in [0.15, 0.2) is 0 Å². The van der Waals surface area contributed by atoms with Crippen LogP contribution in [0, 0.1) is 0 Å². The van der Waals surface area contributed by atoms with Crippen LogP contribution in [0.25, 0.3) is 0 Å². The summed E-state index contributed by atoms with van der Waals surface area (Å²) in [6, 6.07) is 0. The maximum absolute atomic E-state index is 8.66. The Balaban J connectivity index is 0. The van der Waals surface area contributed by atoms with Gasteiger partial charge in [0.25, 0.3) is 0 Å². The van der Waals surface area contributed by atoms with Gasteiger partial charge in [0.05, 0.1) is 0 Å². The van der Waals surface area contributed by atoms with Crippen molar-refractivity contribution in [1.82, 2.24) is 0 Å². The van der Waals surface area contributed by atoms with E-state index >= 15 is 0 Å². The minimum atomic E-state index is -1.61. The summed E-state index contributed by atoms with van der Waals surface area (Å²) in [5.41, 5.74) is 0. The number of hydrogen-bond donors (Lipinski definition) is 1. The van der Waals surface area contributed by atoms with Gasteiger partial charge in [-0.2, -0.15) is 0 Å². The minimum absolute atomic E-state index is 0. The summed E-state index contributed by atoms with van der Waals surface area (Å²) in [7, 11) is -1.61. The molecule has 0 saturated carbocycles. The largest absolute Gasteiger partial charge is 0.433 e. The Kier molecular flexibility index (Phi) is 4.99. The summed E-state index contributed by atoms with van der Waals surface area (Å²) in [5, 5.41) is 0. The van der Waals surface area contributed by atoms with Crippen LogP contribution in [0.2, 0.25) is 19.6 Å². The van der Waals surface area contributed by atoms with E-state index in [0.29, 0.717) is 0 Å². The zero-order valence-corrected chi connectivity index (χ0v) is 7.59. The predicted octanol–water partition coefficient (Wildman–Crippen LogP) is 0.811. The summed E-state index contributed by atoms with van der Waals surface area (Å²) in [4.78, 5) is 8.66. The fourth-order valence-electron chi connectivity index (χ4n) is 0. The van der Waals surface area contributed by atoms with E-state index < -0.39 is 8.32 Å². The first-order valence-corrected chi connectivity index (χ1v) is 5.17. The van der Waals surface area contributed by atoms with Crippen molar-refractivity contribution in [2.24, 2.45) is 0 Å². The van der Waals surface area contributed by atoms with Crippen LogP contribution < -0.4 is 0 Å². The average molecular weight is 183 g/mol. The molecule has 0 heterocycles. The molecule has 1 N–H and O–H groups in total. The van der Waals surface area contributed by atoms with Crippen molar-refractivity contribution >= 4 is 8.32 Å². The minimum Gasteiger partial charge on any atom is -0.433 e. The molecular weight excluding hydrogens is 173 g/mol. The van der Waals surface area contributed by atoms with Gasteiger partial charge in [-0.1, -0.05) is 0 Å². The average Bonchev–Trinajstić information content (AvgIpc) is 0.722. The fraction of sp³-hybridized carbons (Fsp3) is 1.00. The van der Waals surface area contributed by atoms with E-state index in [2.05, 4.69) is 0 Å². The van der Waals surface area contributed by atoms with Gasteiger partial charge >= 0.3 is 0 Å². The van der Waals surface area contributed by atoms with Crippen LogP contribution in [0.3, 0.4) is 0 Å². The van der Waals surface area contributed by atoms with Gasteiger partial charge in [-0.3, -0.25) is 0 Å². The quantitative estimate of drug-likeness (QED) is 0.551. The third-order valence-electron chi connectivity index (χ3n) is 0. The van der Waals surface area contributed by atoms with Gasteiger partial charge in [-0.05, 0) is 19.6 Å². The molecule has 0 unspecified atom stereocenters. The monoisotopic (exact) mass is 183 g/mol. The topological polar surface area (TPSA) is 20.2 Å². The van der Waals surface area contributed by atoms with Crippen molar-refractivity contribution in [3.05, 3.63) is 0 Å². The molecule has 0 aliphatic carbocycles. The summed E-state index contributed by atoms with van der Waals surface area (Å²) in [6.07, 6.45) is 0. The van der Waals surface area contributed by atoms with Crippen molar-refractivity contribution in [2.45, 2.75) is 19.6 Å². The van der Waals surface area contributed by atoms with Crippen molar-refractivity contribution in [3.8, 4) is 0 Å². The Morgan fingerprint density at radius 3 is 1.17 bits per heavy atom. The summed E-state index contributed by atoms with van der Waals surface area (Å²) < 4.78 is 0. The van der Waals surface area contributed by atoms with Gasteiger partial charge in [0.2, 0.25) is 0 Å². The number of hydrogen-bond acceptors (Lipinski definition) is 1. The molecule has 6 heavy (non-hydrogen) atoms. The fourth-order valence-corrected chi connectivity index (χ4v) is 0. The molecular formula is C3H10NbOSi. The van der Waals surface area contributed by atoms with Gasteiger partial charge in [0, 0.05) is 22.4 Å². The third-order valence-corrected chi connectivity index (χ3v) is 0. The molecule has 0 bridgehead atoms. The first-order chi connectivity index (χ1) is 2.00. The first-order valence-electron chi connectivity index (χ1n) is 1.72. The van der Waals surface area contributed by atoms with Crippen molar-refractivity contribution in [3.63, 3.8) is 0 Å². The second-order valence-corrected chi connectivity index (χ2v) is 6.51. The summed E-state index contributed by atoms with van der Waals surface area (Å²) >= 11 is 0. The smallest absolute Gasteiger partial charge is 0.179 e. The van der Waals surface area contributed by atoms with E-state index in [0.717, 1.165) is 0 Å². The van der Waals surface area contributed by atoms with E-state index in [1.807, 2.05) is 19.6 Å². The Morgan fingerprint density at radius 1 is 1.17 bits per heavy atom. The molecule has 0 rings (SSSR count). The van der Waals surface area contributed by atoms with Crippen LogP contribution in [0.1, 0.15) is 0 Å². The Morgan fingerprint density at radius 2 is 1.17 bits per heavy atom. The van der Waals surface area contributed by atoms with Gasteiger partial charge < -0.3 is 4.80 Å². The molecule has 0 fully saturated rings. The first kappa shape index (κ1) is 10.0. The molecule has 0 aromatic carbocycles. The zero-order valence-electron chi connectivity index (χ0n) is 4.39. The van der Waals surface area contributed by atoms with E-state index in [-0.39, 0.29) is 22.4 Å². The molecule has 0 atom stereocenters. The summed E-state index contributed by atoms with van der Waals surface area (Å²) in [5.74, 6) is 0. The molecule has 3 heteroatoms.